The Morgan fingerprint density at radius 2 is 1.88 bits per heavy atom. The van der Waals surface area contributed by atoms with Gasteiger partial charge in [-0.3, -0.25) is 14.2 Å². The van der Waals surface area contributed by atoms with Crippen LogP contribution in [0.5, 0.6) is 11.5 Å². The van der Waals surface area contributed by atoms with E-state index in [2.05, 4.69) is 10.3 Å². The lowest BCUT2D eigenvalue weighted by atomic mass is 10.1. The van der Waals surface area contributed by atoms with Gasteiger partial charge in [-0.1, -0.05) is 12.1 Å². The molecule has 32 heavy (non-hydrogen) atoms. The Hall–Kier alpha value is -3.61. The largest absolute Gasteiger partial charge is 0.494 e. The minimum Gasteiger partial charge on any atom is -0.494 e. The number of benzene rings is 2. The summed E-state index contributed by atoms with van der Waals surface area (Å²) in [6.45, 7) is 8.76. The van der Waals surface area contributed by atoms with Gasteiger partial charge >= 0.3 is 0 Å². The monoisotopic (exact) mass is 435 g/mol. The number of carbonyl (C=O) groups is 1. The molecule has 1 N–H and O–H groups in total. The van der Waals surface area contributed by atoms with E-state index in [0.29, 0.717) is 31.1 Å². The summed E-state index contributed by atoms with van der Waals surface area (Å²) in [5.74, 6) is 1.23. The lowest BCUT2D eigenvalue weighted by Crippen LogP contribution is -2.39. The van der Waals surface area contributed by atoms with Gasteiger partial charge < -0.3 is 14.8 Å². The Labute approximate surface area is 188 Å². The fourth-order valence-electron chi connectivity index (χ4n) is 3.16. The molecule has 0 radical (unpaired) electrons. The molecule has 0 aliphatic rings. The quantitative estimate of drug-likeness (QED) is 0.556. The third-order valence-electron chi connectivity index (χ3n) is 5.01. The number of nitrogens with zero attached hydrogens (tertiary/aromatic N) is 2. The number of nitrogens with one attached hydrogen (secondary N) is 1. The molecule has 3 aromatic rings. The number of carbonyl (C=O) groups excluding carboxylic acids is 1. The predicted molar refractivity (Wildman–Crippen MR) is 124 cm³/mol. The van der Waals surface area contributed by atoms with Gasteiger partial charge in [0.15, 0.2) is 6.10 Å². The van der Waals surface area contributed by atoms with Crippen molar-refractivity contribution >= 4 is 5.91 Å². The number of rotatable bonds is 9. The molecule has 1 aromatic heterocycles. The van der Waals surface area contributed by atoms with Gasteiger partial charge in [-0.15, -0.1) is 0 Å². The standard InChI is InChI=1S/C25H29N3O4/c1-5-31-21-10-8-20(9-11-21)22-15-24(29)28(16-27-22)13-12-26-25(30)19(4)32-23-14-17(2)6-7-18(23)3/h6-11,14-16,19H,5,12-13H2,1-4H3,(H,26,30). The summed E-state index contributed by atoms with van der Waals surface area (Å²) in [5.41, 5.74) is 3.29. The van der Waals surface area contributed by atoms with Crippen LogP contribution in [-0.2, 0) is 11.3 Å². The molecular formula is C25H29N3O4. The zero-order valence-electron chi connectivity index (χ0n) is 18.9. The number of hydrogen-bond donors (Lipinski definition) is 1. The highest BCUT2D eigenvalue weighted by Gasteiger charge is 2.15. The third kappa shape index (κ3) is 5.97. The van der Waals surface area contributed by atoms with Gasteiger partial charge in [0, 0.05) is 24.7 Å². The maximum Gasteiger partial charge on any atom is 0.260 e. The third-order valence-corrected chi connectivity index (χ3v) is 5.01. The summed E-state index contributed by atoms with van der Waals surface area (Å²) in [4.78, 5) is 29.2. The Morgan fingerprint density at radius 3 is 2.56 bits per heavy atom. The molecule has 1 atom stereocenters. The van der Waals surface area contributed by atoms with E-state index in [4.69, 9.17) is 9.47 Å². The summed E-state index contributed by atoms with van der Waals surface area (Å²) in [6.07, 6.45) is 0.850. The summed E-state index contributed by atoms with van der Waals surface area (Å²) in [5, 5.41) is 2.81. The first kappa shape index (κ1) is 23.1. The molecule has 3 rings (SSSR count). The lowest BCUT2D eigenvalue weighted by Gasteiger charge is -2.17. The number of hydrogen-bond acceptors (Lipinski definition) is 5. The van der Waals surface area contributed by atoms with E-state index < -0.39 is 6.10 Å². The van der Waals surface area contributed by atoms with Crippen molar-refractivity contribution in [2.24, 2.45) is 0 Å². The van der Waals surface area contributed by atoms with E-state index in [0.717, 1.165) is 22.4 Å². The number of aromatic nitrogens is 2. The highest BCUT2D eigenvalue weighted by atomic mass is 16.5. The highest BCUT2D eigenvalue weighted by molar-refractivity contribution is 5.80. The van der Waals surface area contributed by atoms with Crippen LogP contribution in [0.1, 0.15) is 25.0 Å². The fourth-order valence-corrected chi connectivity index (χ4v) is 3.16. The second kappa shape index (κ2) is 10.6. The number of ether oxygens (including phenoxy) is 2. The van der Waals surface area contributed by atoms with E-state index in [1.165, 1.54) is 17.0 Å². The highest BCUT2D eigenvalue weighted by Crippen LogP contribution is 2.21. The molecule has 0 spiro atoms. The lowest BCUT2D eigenvalue weighted by molar-refractivity contribution is -0.127. The first-order chi connectivity index (χ1) is 15.4. The van der Waals surface area contributed by atoms with Gasteiger partial charge in [-0.05, 0) is 69.2 Å². The Kier molecular flexibility index (Phi) is 7.65. The zero-order valence-corrected chi connectivity index (χ0v) is 18.9. The molecule has 2 aromatic carbocycles. The second-order valence-corrected chi connectivity index (χ2v) is 7.58. The molecule has 0 fully saturated rings. The number of aryl methyl sites for hydroxylation is 2. The minimum absolute atomic E-state index is 0.183. The van der Waals surface area contributed by atoms with Crippen molar-refractivity contribution in [1.82, 2.24) is 14.9 Å². The average Bonchev–Trinajstić information content (AvgIpc) is 2.78. The molecule has 0 saturated carbocycles. The summed E-state index contributed by atoms with van der Waals surface area (Å²) in [6, 6.07) is 14.8. The van der Waals surface area contributed by atoms with Gasteiger partial charge in [-0.2, -0.15) is 0 Å². The second-order valence-electron chi connectivity index (χ2n) is 7.58. The molecule has 0 aliphatic carbocycles. The Morgan fingerprint density at radius 1 is 1.12 bits per heavy atom. The average molecular weight is 436 g/mol. The van der Waals surface area contributed by atoms with Gasteiger partial charge in [0.2, 0.25) is 0 Å². The van der Waals surface area contributed by atoms with Gasteiger partial charge in [0.1, 0.15) is 11.5 Å². The van der Waals surface area contributed by atoms with Crippen molar-refractivity contribution in [3.63, 3.8) is 0 Å². The van der Waals surface area contributed by atoms with Crippen LogP contribution in [0.25, 0.3) is 11.3 Å². The van der Waals surface area contributed by atoms with Crippen LogP contribution in [0.3, 0.4) is 0 Å². The van der Waals surface area contributed by atoms with Crippen LogP contribution in [0.15, 0.2) is 59.7 Å². The molecule has 0 aliphatic heterocycles. The fraction of sp³-hybridized carbons (Fsp3) is 0.320. The van der Waals surface area contributed by atoms with E-state index >= 15 is 0 Å². The molecule has 1 unspecified atom stereocenters. The smallest absolute Gasteiger partial charge is 0.260 e. The minimum atomic E-state index is -0.646. The van der Waals surface area contributed by atoms with Gasteiger partial charge in [0.25, 0.3) is 11.5 Å². The van der Waals surface area contributed by atoms with Crippen LogP contribution in [0, 0.1) is 13.8 Å². The van der Waals surface area contributed by atoms with Gasteiger partial charge in [-0.25, -0.2) is 4.98 Å². The van der Waals surface area contributed by atoms with Crippen LogP contribution in [0.2, 0.25) is 0 Å². The molecule has 0 saturated heterocycles. The van der Waals surface area contributed by atoms with Crippen molar-refractivity contribution in [2.75, 3.05) is 13.2 Å². The molecule has 7 heteroatoms. The van der Waals surface area contributed by atoms with Crippen molar-refractivity contribution in [3.05, 3.63) is 76.3 Å². The summed E-state index contributed by atoms with van der Waals surface area (Å²) >= 11 is 0. The maximum absolute atomic E-state index is 12.5. The summed E-state index contributed by atoms with van der Waals surface area (Å²) < 4.78 is 12.7. The summed E-state index contributed by atoms with van der Waals surface area (Å²) in [7, 11) is 0. The first-order valence-corrected chi connectivity index (χ1v) is 10.7. The molecular weight excluding hydrogens is 406 g/mol. The van der Waals surface area contributed by atoms with Crippen molar-refractivity contribution < 1.29 is 14.3 Å². The maximum atomic E-state index is 12.5. The van der Waals surface area contributed by atoms with Crippen LogP contribution in [-0.4, -0.2) is 34.7 Å². The number of amides is 1. The molecule has 1 amide bonds. The normalized spacial score (nSPS) is 11.6. The molecule has 7 nitrogen and oxygen atoms in total. The Balaban J connectivity index is 1.54. The molecule has 168 valence electrons. The predicted octanol–water partition coefficient (Wildman–Crippen LogP) is 3.51. The first-order valence-electron chi connectivity index (χ1n) is 10.7. The topological polar surface area (TPSA) is 82.5 Å². The van der Waals surface area contributed by atoms with Crippen LogP contribution >= 0.6 is 0 Å². The van der Waals surface area contributed by atoms with Crippen LogP contribution < -0.4 is 20.3 Å². The molecule has 0 bridgehead atoms. The van der Waals surface area contributed by atoms with E-state index in [1.54, 1.807) is 6.92 Å². The van der Waals surface area contributed by atoms with E-state index in [1.807, 2.05) is 63.2 Å². The zero-order chi connectivity index (χ0) is 23.1. The van der Waals surface area contributed by atoms with Crippen LogP contribution in [0.4, 0.5) is 0 Å². The van der Waals surface area contributed by atoms with E-state index in [-0.39, 0.29) is 11.5 Å². The van der Waals surface area contributed by atoms with Crippen molar-refractivity contribution in [2.45, 2.75) is 40.3 Å². The van der Waals surface area contributed by atoms with Crippen molar-refractivity contribution in [1.29, 1.82) is 0 Å². The SMILES string of the molecule is CCOc1ccc(-c2cc(=O)n(CCNC(=O)C(C)Oc3cc(C)ccc3C)cn2)cc1. The van der Waals surface area contributed by atoms with E-state index in [9.17, 15) is 9.59 Å². The van der Waals surface area contributed by atoms with Gasteiger partial charge in [0.05, 0.1) is 18.6 Å². The van der Waals surface area contributed by atoms with Crippen molar-refractivity contribution in [3.8, 4) is 22.8 Å². The molecule has 1 heterocycles. The Bertz CT molecular complexity index is 1120.